The van der Waals surface area contributed by atoms with Crippen LogP contribution in [-0.2, 0) is 6.42 Å². The van der Waals surface area contributed by atoms with Gasteiger partial charge in [0.1, 0.15) is 9.90 Å². The van der Waals surface area contributed by atoms with E-state index < -0.39 is 0 Å². The number of piperazine rings is 1. The molecule has 1 aliphatic rings. The average molecular weight is 444 g/mol. The van der Waals surface area contributed by atoms with Crippen LogP contribution in [0.2, 0.25) is 5.02 Å². The highest BCUT2D eigenvalue weighted by molar-refractivity contribution is 7.13. The number of hydrogen-bond acceptors (Lipinski definition) is 6. The van der Waals surface area contributed by atoms with Crippen molar-refractivity contribution in [3.8, 4) is 5.69 Å². The quantitative estimate of drug-likeness (QED) is 0.619. The molecule has 4 rings (SSSR count). The maximum atomic E-state index is 12.9. The molecule has 0 unspecified atom stereocenters. The normalized spacial score (nSPS) is 14.2. The Labute approximate surface area is 183 Å². The summed E-state index contributed by atoms with van der Waals surface area (Å²) < 4.78 is 1.30. The summed E-state index contributed by atoms with van der Waals surface area (Å²) in [6, 6.07) is 9.17. The van der Waals surface area contributed by atoms with Crippen LogP contribution in [0.5, 0.6) is 0 Å². The molecule has 2 aromatic heterocycles. The fraction of sp³-hybridized carbons (Fsp3) is 0.333. The van der Waals surface area contributed by atoms with Gasteiger partial charge in [0.2, 0.25) is 0 Å². The molecular weight excluding hydrogens is 422 g/mol. The van der Waals surface area contributed by atoms with Gasteiger partial charge in [-0.3, -0.25) is 9.59 Å². The summed E-state index contributed by atoms with van der Waals surface area (Å²) in [5, 5.41) is 5.42. The smallest absolute Gasteiger partial charge is 0.292 e. The third-order valence-corrected chi connectivity index (χ3v) is 6.79. The Morgan fingerprint density at radius 3 is 2.50 bits per heavy atom. The number of aryl methyl sites for hydroxylation is 2. The minimum absolute atomic E-state index is 0.0214. The summed E-state index contributed by atoms with van der Waals surface area (Å²) in [5.41, 5.74) is 1.70. The van der Waals surface area contributed by atoms with Gasteiger partial charge in [-0.25, -0.2) is 4.98 Å². The van der Waals surface area contributed by atoms with Gasteiger partial charge in [0.15, 0.2) is 0 Å². The molecule has 0 radical (unpaired) electrons. The molecular formula is C21H22ClN5O2S. The second-order valence-electron chi connectivity index (χ2n) is 7.05. The molecule has 0 bridgehead atoms. The molecule has 0 aliphatic carbocycles. The molecule has 1 saturated heterocycles. The number of carbonyl (C=O) groups is 1. The van der Waals surface area contributed by atoms with Gasteiger partial charge in [-0.05, 0) is 25.5 Å². The number of thiazole rings is 1. The van der Waals surface area contributed by atoms with Gasteiger partial charge in [-0.1, -0.05) is 36.7 Å². The van der Waals surface area contributed by atoms with Crippen molar-refractivity contribution in [3.63, 3.8) is 0 Å². The van der Waals surface area contributed by atoms with Crippen LogP contribution in [0, 0.1) is 6.92 Å². The van der Waals surface area contributed by atoms with Crippen molar-refractivity contribution in [1.29, 1.82) is 0 Å². The zero-order chi connectivity index (χ0) is 21.3. The van der Waals surface area contributed by atoms with Gasteiger partial charge >= 0.3 is 0 Å². The SMILES string of the molecule is CCc1nc(C)c(C(=O)N2CCN(c3cnn(-c4ccccc4)c(=O)c3Cl)CC2)s1. The fourth-order valence-electron chi connectivity index (χ4n) is 3.49. The highest BCUT2D eigenvalue weighted by atomic mass is 35.5. The maximum absolute atomic E-state index is 12.9. The number of anilines is 1. The predicted molar refractivity (Wildman–Crippen MR) is 119 cm³/mol. The van der Waals surface area contributed by atoms with E-state index in [4.69, 9.17) is 11.6 Å². The molecule has 3 heterocycles. The number of carbonyl (C=O) groups excluding carboxylic acids is 1. The van der Waals surface area contributed by atoms with Crippen molar-refractivity contribution in [2.24, 2.45) is 0 Å². The Hall–Kier alpha value is -2.71. The number of aromatic nitrogens is 3. The van der Waals surface area contributed by atoms with E-state index in [0.29, 0.717) is 42.4 Å². The predicted octanol–water partition coefficient (Wildman–Crippen LogP) is 3.18. The Bertz CT molecular complexity index is 1120. The van der Waals surface area contributed by atoms with Gasteiger partial charge in [-0.2, -0.15) is 9.78 Å². The molecule has 0 saturated carbocycles. The number of amides is 1. The van der Waals surface area contributed by atoms with E-state index >= 15 is 0 Å². The zero-order valence-corrected chi connectivity index (χ0v) is 18.4. The van der Waals surface area contributed by atoms with Crippen molar-refractivity contribution in [2.45, 2.75) is 20.3 Å². The van der Waals surface area contributed by atoms with Crippen molar-refractivity contribution in [1.82, 2.24) is 19.7 Å². The molecule has 30 heavy (non-hydrogen) atoms. The van der Waals surface area contributed by atoms with E-state index in [-0.39, 0.29) is 16.5 Å². The molecule has 1 fully saturated rings. The fourth-order valence-corrected chi connectivity index (χ4v) is 4.71. The Morgan fingerprint density at radius 1 is 1.17 bits per heavy atom. The lowest BCUT2D eigenvalue weighted by molar-refractivity contribution is 0.0750. The Kier molecular flexibility index (Phi) is 5.87. The van der Waals surface area contributed by atoms with Crippen LogP contribution in [0.15, 0.2) is 41.3 Å². The molecule has 0 N–H and O–H groups in total. The van der Waals surface area contributed by atoms with Crippen molar-refractivity contribution >= 4 is 34.5 Å². The lowest BCUT2D eigenvalue weighted by Crippen LogP contribution is -2.49. The molecule has 0 spiro atoms. The molecule has 1 aliphatic heterocycles. The van der Waals surface area contributed by atoms with E-state index in [2.05, 4.69) is 10.1 Å². The highest BCUT2D eigenvalue weighted by Gasteiger charge is 2.27. The lowest BCUT2D eigenvalue weighted by atomic mass is 10.2. The topological polar surface area (TPSA) is 71.3 Å². The van der Waals surface area contributed by atoms with Crippen LogP contribution in [0.25, 0.3) is 5.69 Å². The summed E-state index contributed by atoms with van der Waals surface area (Å²) in [6.07, 6.45) is 2.45. The van der Waals surface area contributed by atoms with Crippen LogP contribution in [0.3, 0.4) is 0 Å². The number of halogens is 1. The second-order valence-corrected chi connectivity index (χ2v) is 8.51. The lowest BCUT2D eigenvalue weighted by Gasteiger charge is -2.36. The van der Waals surface area contributed by atoms with Crippen LogP contribution in [0.4, 0.5) is 5.69 Å². The van der Waals surface area contributed by atoms with Crippen LogP contribution < -0.4 is 10.5 Å². The molecule has 156 valence electrons. The molecule has 1 amide bonds. The monoisotopic (exact) mass is 443 g/mol. The number of rotatable bonds is 4. The summed E-state index contributed by atoms with van der Waals surface area (Å²) in [5.74, 6) is 0.0214. The summed E-state index contributed by atoms with van der Waals surface area (Å²) in [6.45, 7) is 6.19. The first kappa shape index (κ1) is 20.6. The number of para-hydroxylation sites is 1. The largest absolute Gasteiger partial charge is 0.365 e. The number of hydrogen-bond donors (Lipinski definition) is 0. The van der Waals surface area contributed by atoms with E-state index in [1.54, 1.807) is 18.3 Å². The van der Waals surface area contributed by atoms with Gasteiger partial charge < -0.3 is 9.80 Å². The van der Waals surface area contributed by atoms with Gasteiger partial charge in [-0.15, -0.1) is 11.3 Å². The molecule has 3 aromatic rings. The highest BCUT2D eigenvalue weighted by Crippen LogP contribution is 2.25. The molecule has 9 heteroatoms. The van der Waals surface area contributed by atoms with Crippen molar-refractivity contribution < 1.29 is 4.79 Å². The van der Waals surface area contributed by atoms with E-state index in [1.165, 1.54) is 16.0 Å². The van der Waals surface area contributed by atoms with Crippen LogP contribution in [0.1, 0.15) is 27.3 Å². The first-order valence-electron chi connectivity index (χ1n) is 9.83. The summed E-state index contributed by atoms with van der Waals surface area (Å²) >= 11 is 7.89. The van der Waals surface area contributed by atoms with Gasteiger partial charge in [0.25, 0.3) is 11.5 Å². The first-order chi connectivity index (χ1) is 14.5. The average Bonchev–Trinajstić information content (AvgIpc) is 3.16. The van der Waals surface area contributed by atoms with Gasteiger partial charge in [0.05, 0.1) is 28.3 Å². The standard InChI is InChI=1S/C21H22ClN5O2S/c1-3-17-24-14(2)19(30-17)21(29)26-11-9-25(10-12-26)16-13-23-27(20(28)18(16)22)15-7-5-4-6-8-15/h4-8,13H,3,9-12H2,1-2H3. The summed E-state index contributed by atoms with van der Waals surface area (Å²) in [4.78, 5) is 34.6. The zero-order valence-electron chi connectivity index (χ0n) is 16.8. The Balaban J connectivity index is 1.49. The van der Waals surface area contributed by atoms with E-state index in [9.17, 15) is 9.59 Å². The minimum Gasteiger partial charge on any atom is -0.365 e. The summed E-state index contributed by atoms with van der Waals surface area (Å²) in [7, 11) is 0. The third kappa shape index (κ3) is 3.85. The molecule has 0 atom stereocenters. The van der Waals surface area contributed by atoms with Crippen LogP contribution in [-0.4, -0.2) is 51.8 Å². The molecule has 1 aromatic carbocycles. The minimum atomic E-state index is -0.355. The van der Waals surface area contributed by atoms with Gasteiger partial charge in [0, 0.05) is 26.2 Å². The first-order valence-corrected chi connectivity index (χ1v) is 11.0. The number of nitrogens with zero attached hydrogens (tertiary/aromatic N) is 5. The van der Waals surface area contributed by atoms with Crippen molar-refractivity contribution in [3.05, 3.63) is 67.5 Å². The van der Waals surface area contributed by atoms with Crippen molar-refractivity contribution in [2.75, 3.05) is 31.1 Å². The maximum Gasteiger partial charge on any atom is 0.292 e. The van der Waals surface area contributed by atoms with E-state index in [1.807, 2.05) is 41.8 Å². The van der Waals surface area contributed by atoms with E-state index in [0.717, 1.165) is 17.1 Å². The second kappa shape index (κ2) is 8.57. The third-order valence-electron chi connectivity index (χ3n) is 5.15. The van der Waals surface area contributed by atoms with Crippen LogP contribution >= 0.6 is 22.9 Å². The Morgan fingerprint density at radius 2 is 1.87 bits per heavy atom. The molecule has 7 nitrogen and oxygen atoms in total. The number of benzene rings is 1.